The Morgan fingerprint density at radius 1 is 1.45 bits per heavy atom. The fourth-order valence-corrected chi connectivity index (χ4v) is 2.38. The summed E-state index contributed by atoms with van der Waals surface area (Å²) in [7, 11) is -1.98. The first-order chi connectivity index (χ1) is 5.04. The lowest BCUT2D eigenvalue weighted by atomic mass is 10.3. The second kappa shape index (κ2) is 3.08. The number of hydrogen-bond donors (Lipinski definition) is 2. The van der Waals surface area contributed by atoms with Crippen LogP contribution in [0.2, 0.25) is 0 Å². The molecule has 0 heterocycles. The monoisotopic (exact) mass is 179 g/mol. The molecule has 66 valence electrons. The van der Waals surface area contributed by atoms with Crippen LogP contribution in [0.25, 0.3) is 0 Å². The highest BCUT2D eigenvalue weighted by Crippen LogP contribution is 2.24. The highest BCUT2D eigenvalue weighted by Gasteiger charge is 2.31. The molecule has 0 aromatic rings. The Kier molecular flexibility index (Phi) is 2.51. The summed E-state index contributed by atoms with van der Waals surface area (Å²) in [6, 6.07) is 0.252. The molecule has 0 radical (unpaired) electrons. The van der Waals surface area contributed by atoms with Gasteiger partial charge in [0.25, 0.3) is 10.1 Å². The van der Waals surface area contributed by atoms with Crippen LogP contribution in [0.15, 0.2) is 0 Å². The Hall–Kier alpha value is -0.130. The summed E-state index contributed by atoms with van der Waals surface area (Å²) in [6.45, 7) is 0. The van der Waals surface area contributed by atoms with Crippen LogP contribution in [0, 0.1) is 0 Å². The first-order valence-corrected chi connectivity index (χ1v) is 5.18. The van der Waals surface area contributed by atoms with Crippen LogP contribution in [0.5, 0.6) is 0 Å². The maximum absolute atomic E-state index is 10.6. The van der Waals surface area contributed by atoms with Gasteiger partial charge in [0.05, 0.1) is 5.25 Å². The van der Waals surface area contributed by atoms with Crippen molar-refractivity contribution in [2.24, 2.45) is 0 Å². The van der Waals surface area contributed by atoms with Gasteiger partial charge in [0.2, 0.25) is 0 Å². The van der Waals surface area contributed by atoms with Crippen molar-refractivity contribution < 1.29 is 13.0 Å². The standard InChI is InChI=1S/C6H13NO3S/c1-7-5-2-3-6(4-5)11(8,9)10/h5-7H,2-4H2,1H3,(H,8,9,10). The molecule has 1 aliphatic rings. The molecule has 0 aromatic heterocycles. The molecule has 2 unspecified atom stereocenters. The van der Waals surface area contributed by atoms with Crippen molar-refractivity contribution in [3.63, 3.8) is 0 Å². The van der Waals surface area contributed by atoms with E-state index in [0.717, 1.165) is 6.42 Å². The van der Waals surface area contributed by atoms with Crippen molar-refractivity contribution >= 4 is 10.1 Å². The summed E-state index contributed by atoms with van der Waals surface area (Å²) >= 11 is 0. The van der Waals surface area contributed by atoms with E-state index in [1.807, 2.05) is 0 Å². The summed E-state index contributed by atoms with van der Waals surface area (Å²) in [6.07, 6.45) is 1.95. The van der Waals surface area contributed by atoms with E-state index in [1.165, 1.54) is 0 Å². The molecular weight excluding hydrogens is 166 g/mol. The summed E-state index contributed by atoms with van der Waals surface area (Å²) < 4.78 is 29.9. The number of nitrogens with one attached hydrogen (secondary N) is 1. The van der Waals surface area contributed by atoms with Gasteiger partial charge in [0.15, 0.2) is 0 Å². The topological polar surface area (TPSA) is 66.4 Å². The van der Waals surface area contributed by atoms with Crippen molar-refractivity contribution in [3.8, 4) is 0 Å². The van der Waals surface area contributed by atoms with Gasteiger partial charge in [-0.2, -0.15) is 8.42 Å². The zero-order valence-electron chi connectivity index (χ0n) is 6.45. The van der Waals surface area contributed by atoms with Crippen LogP contribution in [0.1, 0.15) is 19.3 Å². The van der Waals surface area contributed by atoms with E-state index >= 15 is 0 Å². The fraction of sp³-hybridized carbons (Fsp3) is 1.00. The predicted octanol–water partition coefficient (Wildman–Crippen LogP) is 0.0147. The minimum atomic E-state index is -3.79. The van der Waals surface area contributed by atoms with E-state index in [9.17, 15) is 8.42 Å². The first-order valence-electron chi connectivity index (χ1n) is 3.67. The smallest absolute Gasteiger partial charge is 0.267 e. The third-order valence-electron chi connectivity index (χ3n) is 2.21. The molecule has 2 atom stereocenters. The van der Waals surface area contributed by atoms with Gasteiger partial charge in [-0.05, 0) is 26.3 Å². The molecule has 2 N–H and O–H groups in total. The SMILES string of the molecule is CNC1CCC(S(=O)(=O)O)C1. The Morgan fingerprint density at radius 3 is 2.36 bits per heavy atom. The van der Waals surface area contributed by atoms with Crippen molar-refractivity contribution in [1.29, 1.82) is 0 Å². The molecule has 0 aromatic carbocycles. The zero-order valence-corrected chi connectivity index (χ0v) is 7.26. The van der Waals surface area contributed by atoms with Gasteiger partial charge in [-0.25, -0.2) is 0 Å². The zero-order chi connectivity index (χ0) is 8.48. The molecule has 1 saturated carbocycles. The largest absolute Gasteiger partial charge is 0.317 e. The summed E-state index contributed by atoms with van der Waals surface area (Å²) in [5, 5.41) is 2.45. The van der Waals surface area contributed by atoms with Crippen molar-refractivity contribution in [3.05, 3.63) is 0 Å². The normalized spacial score (nSPS) is 32.5. The summed E-state index contributed by atoms with van der Waals surface area (Å²) in [5.41, 5.74) is 0. The first kappa shape index (κ1) is 8.96. The van der Waals surface area contributed by atoms with Gasteiger partial charge in [-0.3, -0.25) is 4.55 Å². The lowest BCUT2D eigenvalue weighted by Crippen LogP contribution is -2.24. The van der Waals surface area contributed by atoms with Crippen molar-refractivity contribution in [2.45, 2.75) is 30.6 Å². The lowest BCUT2D eigenvalue weighted by Gasteiger charge is -2.06. The average molecular weight is 179 g/mol. The predicted molar refractivity (Wildman–Crippen MR) is 42.0 cm³/mol. The van der Waals surface area contributed by atoms with Gasteiger partial charge in [-0.15, -0.1) is 0 Å². The van der Waals surface area contributed by atoms with Gasteiger partial charge in [0, 0.05) is 6.04 Å². The maximum Gasteiger partial charge on any atom is 0.267 e. The van der Waals surface area contributed by atoms with E-state index in [1.54, 1.807) is 7.05 Å². The van der Waals surface area contributed by atoms with E-state index in [2.05, 4.69) is 5.32 Å². The second-order valence-corrected chi connectivity index (χ2v) is 4.63. The van der Waals surface area contributed by atoms with E-state index < -0.39 is 15.4 Å². The molecule has 11 heavy (non-hydrogen) atoms. The van der Waals surface area contributed by atoms with E-state index in [0.29, 0.717) is 12.8 Å². The third kappa shape index (κ3) is 2.15. The van der Waals surface area contributed by atoms with Crippen molar-refractivity contribution in [2.75, 3.05) is 7.05 Å². The number of rotatable bonds is 2. The molecule has 0 spiro atoms. The average Bonchev–Trinajstić information content (AvgIpc) is 2.32. The van der Waals surface area contributed by atoms with Crippen molar-refractivity contribution in [1.82, 2.24) is 5.32 Å². The van der Waals surface area contributed by atoms with Crippen LogP contribution in [0.4, 0.5) is 0 Å². The van der Waals surface area contributed by atoms with Crippen LogP contribution >= 0.6 is 0 Å². The molecular formula is C6H13NO3S. The van der Waals surface area contributed by atoms with Gasteiger partial charge in [-0.1, -0.05) is 0 Å². The van der Waals surface area contributed by atoms with Crippen LogP contribution in [-0.2, 0) is 10.1 Å². The highest BCUT2D eigenvalue weighted by molar-refractivity contribution is 7.86. The molecule has 1 fully saturated rings. The molecule has 0 aliphatic heterocycles. The van der Waals surface area contributed by atoms with E-state index in [4.69, 9.17) is 4.55 Å². The van der Waals surface area contributed by atoms with Crippen LogP contribution in [0.3, 0.4) is 0 Å². The fourth-order valence-electron chi connectivity index (χ4n) is 1.47. The molecule has 0 amide bonds. The quantitative estimate of drug-likeness (QED) is 0.586. The Bertz CT molecular complexity index is 224. The minimum absolute atomic E-state index is 0.252. The van der Waals surface area contributed by atoms with E-state index in [-0.39, 0.29) is 6.04 Å². The molecule has 1 rings (SSSR count). The molecule has 4 nitrogen and oxygen atoms in total. The van der Waals surface area contributed by atoms with Crippen LogP contribution < -0.4 is 5.32 Å². The molecule has 0 bridgehead atoms. The summed E-state index contributed by atoms with van der Waals surface area (Å²) in [4.78, 5) is 0. The Balaban J connectivity index is 2.55. The molecule has 1 aliphatic carbocycles. The van der Waals surface area contributed by atoms with Gasteiger partial charge >= 0.3 is 0 Å². The van der Waals surface area contributed by atoms with Gasteiger partial charge in [0.1, 0.15) is 0 Å². The minimum Gasteiger partial charge on any atom is -0.317 e. The molecule has 0 saturated heterocycles. The highest BCUT2D eigenvalue weighted by atomic mass is 32.2. The van der Waals surface area contributed by atoms with Gasteiger partial charge < -0.3 is 5.32 Å². The Morgan fingerprint density at radius 2 is 2.09 bits per heavy atom. The molecule has 5 heteroatoms. The second-order valence-electron chi connectivity index (χ2n) is 2.94. The summed E-state index contributed by atoms with van der Waals surface area (Å²) in [5.74, 6) is 0. The lowest BCUT2D eigenvalue weighted by molar-refractivity contribution is 0.465. The van der Waals surface area contributed by atoms with Crippen LogP contribution in [-0.4, -0.2) is 31.3 Å². The Labute approximate surface area is 66.7 Å². The maximum atomic E-state index is 10.6. The third-order valence-corrected chi connectivity index (χ3v) is 3.48. The number of hydrogen-bond acceptors (Lipinski definition) is 3.